The fraction of sp³-hybridized carbons (Fsp3) is 0.167. The van der Waals surface area contributed by atoms with Gasteiger partial charge in [-0.3, -0.25) is 5.10 Å². The number of aryl methyl sites for hydroxylation is 1. The van der Waals surface area contributed by atoms with Crippen LogP contribution in [0.25, 0.3) is 23.1 Å². The predicted molar refractivity (Wildman–Crippen MR) is 64.5 cm³/mol. The van der Waals surface area contributed by atoms with Crippen LogP contribution < -0.4 is 0 Å². The van der Waals surface area contributed by atoms with Crippen molar-refractivity contribution in [3.63, 3.8) is 0 Å². The molecule has 2 aromatic heterocycles. The van der Waals surface area contributed by atoms with Crippen molar-refractivity contribution in [2.24, 2.45) is 0 Å². The van der Waals surface area contributed by atoms with E-state index in [1.165, 1.54) is 11.9 Å². The van der Waals surface area contributed by atoms with Gasteiger partial charge in [0.1, 0.15) is 6.33 Å². The zero-order valence-corrected chi connectivity index (χ0v) is 9.79. The third-order valence-corrected chi connectivity index (χ3v) is 2.68. The predicted octanol–water partition coefficient (Wildman–Crippen LogP) is 2.08. The van der Waals surface area contributed by atoms with Crippen LogP contribution in [0.2, 0.25) is 0 Å². The Labute approximate surface area is 103 Å². The molecule has 0 bridgehead atoms. The smallest absolute Gasteiger partial charge is 0.258 e. The Morgan fingerprint density at radius 3 is 2.94 bits per heavy atom. The molecule has 0 aliphatic heterocycles. The molecule has 0 atom stereocenters. The lowest BCUT2D eigenvalue weighted by Crippen LogP contribution is -1.87. The third-order valence-electron chi connectivity index (χ3n) is 2.68. The number of aromatic amines is 1. The van der Waals surface area contributed by atoms with Crippen molar-refractivity contribution < 1.29 is 4.52 Å². The lowest BCUT2D eigenvalue weighted by molar-refractivity contribution is 0.431. The minimum atomic E-state index is 0.411. The van der Waals surface area contributed by atoms with Gasteiger partial charge in [0.25, 0.3) is 5.89 Å². The van der Waals surface area contributed by atoms with Crippen molar-refractivity contribution >= 4 is 0 Å². The van der Waals surface area contributed by atoms with Gasteiger partial charge < -0.3 is 4.52 Å². The standard InChI is InChI=1S/C12H11N5O/c1-2-8-5-3-4-6-9(8)12-15-11(17-18-12)10-13-7-14-16-10/h3-7H,2H2,1H3,(H,13,14,16). The van der Waals surface area contributed by atoms with Gasteiger partial charge in [0.15, 0.2) is 5.82 Å². The van der Waals surface area contributed by atoms with Gasteiger partial charge in [-0.25, -0.2) is 4.98 Å². The minimum absolute atomic E-state index is 0.411. The Morgan fingerprint density at radius 2 is 2.17 bits per heavy atom. The first-order chi connectivity index (χ1) is 8.88. The number of benzene rings is 1. The normalized spacial score (nSPS) is 10.7. The van der Waals surface area contributed by atoms with Crippen LogP contribution in [0.1, 0.15) is 12.5 Å². The first-order valence-electron chi connectivity index (χ1n) is 5.66. The quantitative estimate of drug-likeness (QED) is 0.759. The molecule has 90 valence electrons. The summed E-state index contributed by atoms with van der Waals surface area (Å²) in [5.74, 6) is 1.41. The van der Waals surface area contributed by atoms with Crippen LogP contribution in [0.3, 0.4) is 0 Å². The summed E-state index contributed by atoms with van der Waals surface area (Å²) in [5.41, 5.74) is 2.13. The van der Waals surface area contributed by atoms with Gasteiger partial charge >= 0.3 is 0 Å². The van der Waals surface area contributed by atoms with E-state index >= 15 is 0 Å². The summed E-state index contributed by atoms with van der Waals surface area (Å²) in [6.45, 7) is 2.09. The van der Waals surface area contributed by atoms with E-state index in [4.69, 9.17) is 4.52 Å². The SMILES string of the molecule is CCc1ccccc1-c1nc(-c2ncn[nH]2)no1. The number of aromatic nitrogens is 5. The summed E-state index contributed by atoms with van der Waals surface area (Å²) in [6, 6.07) is 7.97. The number of hydrogen-bond donors (Lipinski definition) is 1. The van der Waals surface area contributed by atoms with Crippen LogP contribution in [0, 0.1) is 0 Å². The lowest BCUT2D eigenvalue weighted by atomic mass is 10.1. The molecular weight excluding hydrogens is 230 g/mol. The molecule has 6 nitrogen and oxygen atoms in total. The van der Waals surface area contributed by atoms with E-state index in [0.29, 0.717) is 17.5 Å². The van der Waals surface area contributed by atoms with Crippen LogP contribution in [-0.2, 0) is 6.42 Å². The highest BCUT2D eigenvalue weighted by Crippen LogP contribution is 2.23. The zero-order chi connectivity index (χ0) is 12.4. The fourth-order valence-electron chi connectivity index (χ4n) is 1.78. The second-order valence-corrected chi connectivity index (χ2v) is 3.77. The van der Waals surface area contributed by atoms with Gasteiger partial charge in [-0.1, -0.05) is 30.3 Å². The van der Waals surface area contributed by atoms with Crippen molar-refractivity contribution in [3.8, 4) is 23.1 Å². The summed E-state index contributed by atoms with van der Waals surface area (Å²) in [5, 5.41) is 10.3. The van der Waals surface area contributed by atoms with E-state index in [9.17, 15) is 0 Å². The van der Waals surface area contributed by atoms with Crippen molar-refractivity contribution in [2.75, 3.05) is 0 Å². The van der Waals surface area contributed by atoms with Crippen LogP contribution in [0.5, 0.6) is 0 Å². The number of H-pyrrole nitrogens is 1. The molecule has 6 heteroatoms. The molecular formula is C12H11N5O. The van der Waals surface area contributed by atoms with Gasteiger partial charge in [0, 0.05) is 5.56 Å². The van der Waals surface area contributed by atoms with Gasteiger partial charge in [-0.15, -0.1) is 0 Å². The fourth-order valence-corrected chi connectivity index (χ4v) is 1.78. The van der Waals surface area contributed by atoms with E-state index < -0.39 is 0 Å². The van der Waals surface area contributed by atoms with Gasteiger partial charge in [0.05, 0.1) is 0 Å². The maximum atomic E-state index is 5.27. The Kier molecular flexibility index (Phi) is 2.60. The number of nitrogens with zero attached hydrogens (tertiary/aromatic N) is 4. The number of rotatable bonds is 3. The highest BCUT2D eigenvalue weighted by Gasteiger charge is 2.14. The summed E-state index contributed by atoms with van der Waals surface area (Å²) in [7, 11) is 0. The number of hydrogen-bond acceptors (Lipinski definition) is 5. The van der Waals surface area contributed by atoms with Gasteiger partial charge in [-0.05, 0) is 18.1 Å². The maximum Gasteiger partial charge on any atom is 0.258 e. The van der Waals surface area contributed by atoms with E-state index in [-0.39, 0.29) is 0 Å². The third kappa shape index (κ3) is 1.77. The molecule has 0 unspecified atom stereocenters. The molecule has 0 saturated heterocycles. The largest absolute Gasteiger partial charge is 0.333 e. The van der Waals surface area contributed by atoms with Crippen LogP contribution >= 0.6 is 0 Å². The number of nitrogens with one attached hydrogen (secondary N) is 1. The average Bonchev–Trinajstić information content (AvgIpc) is 3.09. The summed E-state index contributed by atoms with van der Waals surface area (Å²) >= 11 is 0. The Hall–Kier alpha value is -2.50. The second kappa shape index (κ2) is 4.40. The van der Waals surface area contributed by atoms with Crippen molar-refractivity contribution in [2.45, 2.75) is 13.3 Å². The van der Waals surface area contributed by atoms with Crippen molar-refractivity contribution in [1.29, 1.82) is 0 Å². The maximum absolute atomic E-state index is 5.27. The second-order valence-electron chi connectivity index (χ2n) is 3.77. The highest BCUT2D eigenvalue weighted by molar-refractivity contribution is 5.60. The molecule has 0 fully saturated rings. The molecule has 0 aliphatic carbocycles. The van der Waals surface area contributed by atoms with E-state index in [1.807, 2.05) is 24.3 Å². The minimum Gasteiger partial charge on any atom is -0.333 e. The molecule has 3 aromatic rings. The molecule has 18 heavy (non-hydrogen) atoms. The van der Waals surface area contributed by atoms with E-state index in [1.54, 1.807) is 0 Å². The van der Waals surface area contributed by atoms with Gasteiger partial charge in [-0.2, -0.15) is 10.1 Å². The molecule has 3 rings (SSSR count). The first-order valence-corrected chi connectivity index (χ1v) is 5.66. The lowest BCUT2D eigenvalue weighted by Gasteiger charge is -2.01. The Bertz CT molecular complexity index is 644. The summed E-state index contributed by atoms with van der Waals surface area (Å²) < 4.78 is 5.27. The molecule has 0 aliphatic rings. The molecule has 0 amide bonds. The van der Waals surface area contributed by atoms with Crippen molar-refractivity contribution in [3.05, 3.63) is 36.2 Å². The molecule has 1 N–H and O–H groups in total. The van der Waals surface area contributed by atoms with Crippen LogP contribution in [0.4, 0.5) is 0 Å². The average molecular weight is 241 g/mol. The summed E-state index contributed by atoms with van der Waals surface area (Å²) in [4.78, 5) is 8.30. The molecule has 1 aromatic carbocycles. The van der Waals surface area contributed by atoms with Crippen molar-refractivity contribution in [1.82, 2.24) is 25.3 Å². The molecule has 0 spiro atoms. The first kappa shape index (κ1) is 10.6. The molecule has 0 radical (unpaired) electrons. The highest BCUT2D eigenvalue weighted by atomic mass is 16.5. The monoisotopic (exact) mass is 241 g/mol. The van der Waals surface area contributed by atoms with E-state index in [0.717, 1.165) is 12.0 Å². The topological polar surface area (TPSA) is 80.5 Å². The summed E-state index contributed by atoms with van der Waals surface area (Å²) in [6.07, 6.45) is 2.32. The van der Waals surface area contributed by atoms with Gasteiger partial charge in [0.2, 0.25) is 5.82 Å². The zero-order valence-electron chi connectivity index (χ0n) is 9.79. The van der Waals surface area contributed by atoms with Crippen LogP contribution in [0.15, 0.2) is 35.1 Å². The molecule has 2 heterocycles. The Balaban J connectivity index is 2.03. The molecule has 0 saturated carbocycles. The Morgan fingerprint density at radius 1 is 1.28 bits per heavy atom. The van der Waals surface area contributed by atoms with E-state index in [2.05, 4.69) is 32.2 Å². The van der Waals surface area contributed by atoms with Crippen LogP contribution in [-0.4, -0.2) is 25.3 Å².